The van der Waals surface area contributed by atoms with Crippen molar-refractivity contribution in [1.29, 1.82) is 0 Å². The van der Waals surface area contributed by atoms with Gasteiger partial charge in [-0.1, -0.05) is 30.3 Å². The molecule has 9 heteroatoms. The van der Waals surface area contributed by atoms with Gasteiger partial charge in [0.2, 0.25) is 0 Å². The second-order valence-electron chi connectivity index (χ2n) is 8.31. The Kier molecular flexibility index (Phi) is 7.23. The number of nitrogens with zero attached hydrogens (tertiary/aromatic N) is 2. The molecule has 1 aliphatic rings. The lowest BCUT2D eigenvalue weighted by molar-refractivity contribution is -0.274. The van der Waals surface area contributed by atoms with Crippen LogP contribution < -0.4 is 10.1 Å². The van der Waals surface area contributed by atoms with Crippen molar-refractivity contribution in [3.8, 4) is 28.3 Å². The summed E-state index contributed by atoms with van der Waals surface area (Å²) in [5, 5.41) is 3.01. The molecule has 2 aromatic carbocycles. The molecule has 0 saturated carbocycles. The standard InChI is InChI=1S/C25H27F3N4O2/c1-31-13-15-32(16-14-31)12-11-29-24(33)21-17-22(30-23(21)19-5-3-2-4-6-19)18-7-9-20(10-8-18)34-25(26,27)28/h2-10,17,30H,11-16H2,1H3,(H,29,33). The summed E-state index contributed by atoms with van der Waals surface area (Å²) in [5.74, 6) is -0.500. The third-order valence-corrected chi connectivity index (χ3v) is 5.83. The quantitative estimate of drug-likeness (QED) is 0.541. The number of benzene rings is 2. The van der Waals surface area contributed by atoms with Crippen molar-refractivity contribution < 1.29 is 22.7 Å². The third-order valence-electron chi connectivity index (χ3n) is 5.83. The molecule has 1 aliphatic heterocycles. The molecule has 0 spiro atoms. The van der Waals surface area contributed by atoms with E-state index in [1.165, 1.54) is 24.3 Å². The number of halogens is 3. The van der Waals surface area contributed by atoms with E-state index in [9.17, 15) is 18.0 Å². The summed E-state index contributed by atoms with van der Waals surface area (Å²) in [6.45, 7) is 5.28. The first kappa shape index (κ1) is 23.8. The van der Waals surface area contributed by atoms with Crippen LogP contribution in [0.1, 0.15) is 10.4 Å². The average Bonchev–Trinajstić information content (AvgIpc) is 3.26. The number of likely N-dealkylation sites (N-methyl/N-ethyl adjacent to an activating group) is 1. The molecular formula is C25H27F3N4O2. The van der Waals surface area contributed by atoms with Crippen LogP contribution in [0.15, 0.2) is 60.7 Å². The summed E-state index contributed by atoms with van der Waals surface area (Å²) in [4.78, 5) is 21.0. The van der Waals surface area contributed by atoms with Gasteiger partial charge in [-0.2, -0.15) is 0 Å². The summed E-state index contributed by atoms with van der Waals surface area (Å²) >= 11 is 0. The fourth-order valence-electron chi connectivity index (χ4n) is 3.95. The number of aromatic amines is 1. The number of carbonyl (C=O) groups excluding carboxylic acids is 1. The number of carbonyl (C=O) groups is 1. The van der Waals surface area contributed by atoms with E-state index in [1.807, 2.05) is 30.3 Å². The molecule has 0 radical (unpaired) electrons. The van der Waals surface area contributed by atoms with E-state index in [2.05, 4.69) is 31.9 Å². The van der Waals surface area contributed by atoms with Crippen molar-refractivity contribution in [2.75, 3.05) is 46.3 Å². The van der Waals surface area contributed by atoms with E-state index >= 15 is 0 Å². The Morgan fingerprint density at radius 3 is 2.32 bits per heavy atom. The number of ether oxygens (including phenoxy) is 1. The monoisotopic (exact) mass is 472 g/mol. The molecule has 0 atom stereocenters. The Bertz CT molecular complexity index is 1090. The zero-order valence-corrected chi connectivity index (χ0v) is 18.9. The van der Waals surface area contributed by atoms with Gasteiger partial charge in [0.15, 0.2) is 0 Å². The molecule has 4 rings (SSSR count). The molecule has 34 heavy (non-hydrogen) atoms. The fourth-order valence-corrected chi connectivity index (χ4v) is 3.95. The number of nitrogens with one attached hydrogen (secondary N) is 2. The van der Waals surface area contributed by atoms with E-state index in [0.29, 0.717) is 29.1 Å². The molecule has 2 heterocycles. The molecule has 2 N–H and O–H groups in total. The number of aromatic nitrogens is 1. The largest absolute Gasteiger partial charge is 0.573 e. The Labute approximate surface area is 196 Å². The normalized spacial score (nSPS) is 15.3. The highest BCUT2D eigenvalue weighted by Crippen LogP contribution is 2.31. The SMILES string of the molecule is CN1CCN(CCNC(=O)c2cc(-c3ccc(OC(F)(F)F)cc3)[nH]c2-c2ccccc2)CC1. The highest BCUT2D eigenvalue weighted by Gasteiger charge is 2.31. The topological polar surface area (TPSA) is 60.6 Å². The maximum Gasteiger partial charge on any atom is 0.573 e. The average molecular weight is 473 g/mol. The first-order valence-electron chi connectivity index (χ1n) is 11.1. The minimum Gasteiger partial charge on any atom is -0.406 e. The molecule has 0 aliphatic carbocycles. The lowest BCUT2D eigenvalue weighted by atomic mass is 10.1. The molecule has 6 nitrogen and oxygen atoms in total. The van der Waals surface area contributed by atoms with Crippen molar-refractivity contribution in [2.24, 2.45) is 0 Å². The van der Waals surface area contributed by atoms with Gasteiger partial charge in [0.1, 0.15) is 5.75 Å². The summed E-state index contributed by atoms with van der Waals surface area (Å²) in [7, 11) is 2.10. The Morgan fingerprint density at radius 1 is 1.00 bits per heavy atom. The zero-order chi connectivity index (χ0) is 24.1. The van der Waals surface area contributed by atoms with Crippen LogP contribution in [0.25, 0.3) is 22.5 Å². The van der Waals surface area contributed by atoms with Crippen molar-refractivity contribution in [3.05, 3.63) is 66.2 Å². The highest BCUT2D eigenvalue weighted by atomic mass is 19.4. The van der Waals surface area contributed by atoms with Crippen LogP contribution in [0.3, 0.4) is 0 Å². The van der Waals surface area contributed by atoms with Crippen LogP contribution >= 0.6 is 0 Å². The van der Waals surface area contributed by atoms with Crippen LogP contribution in [-0.2, 0) is 0 Å². The molecule has 1 fully saturated rings. The van der Waals surface area contributed by atoms with Gasteiger partial charge in [0.25, 0.3) is 5.91 Å². The Balaban J connectivity index is 1.51. The lowest BCUT2D eigenvalue weighted by Crippen LogP contribution is -2.46. The van der Waals surface area contributed by atoms with Gasteiger partial charge in [-0.05, 0) is 48.5 Å². The van der Waals surface area contributed by atoms with Gasteiger partial charge in [-0.3, -0.25) is 9.69 Å². The summed E-state index contributed by atoms with van der Waals surface area (Å²) in [5.41, 5.74) is 3.25. The summed E-state index contributed by atoms with van der Waals surface area (Å²) < 4.78 is 41.3. The maximum absolute atomic E-state index is 13.1. The zero-order valence-electron chi connectivity index (χ0n) is 18.9. The molecule has 1 saturated heterocycles. The number of piperazine rings is 1. The van der Waals surface area contributed by atoms with E-state index in [-0.39, 0.29) is 11.7 Å². The fraction of sp³-hybridized carbons (Fsp3) is 0.320. The molecule has 180 valence electrons. The number of hydrogen-bond donors (Lipinski definition) is 2. The molecule has 3 aromatic rings. The van der Waals surface area contributed by atoms with Gasteiger partial charge in [-0.15, -0.1) is 13.2 Å². The van der Waals surface area contributed by atoms with Gasteiger partial charge < -0.3 is 19.9 Å². The first-order valence-corrected chi connectivity index (χ1v) is 11.1. The predicted octanol–water partition coefficient (Wildman–Crippen LogP) is 4.22. The van der Waals surface area contributed by atoms with Crippen molar-refractivity contribution in [1.82, 2.24) is 20.1 Å². The van der Waals surface area contributed by atoms with Crippen LogP contribution in [0.5, 0.6) is 5.75 Å². The van der Waals surface area contributed by atoms with Gasteiger partial charge >= 0.3 is 6.36 Å². The molecule has 0 bridgehead atoms. The van der Waals surface area contributed by atoms with E-state index in [4.69, 9.17) is 0 Å². The van der Waals surface area contributed by atoms with Gasteiger partial charge in [0, 0.05) is 45.0 Å². The number of rotatable bonds is 7. The van der Waals surface area contributed by atoms with Crippen LogP contribution in [-0.4, -0.2) is 73.4 Å². The Hall–Kier alpha value is -3.30. The number of hydrogen-bond acceptors (Lipinski definition) is 4. The van der Waals surface area contributed by atoms with Crippen LogP contribution in [0.2, 0.25) is 0 Å². The van der Waals surface area contributed by atoms with E-state index in [1.54, 1.807) is 6.07 Å². The van der Waals surface area contributed by atoms with E-state index < -0.39 is 6.36 Å². The van der Waals surface area contributed by atoms with Crippen LogP contribution in [0.4, 0.5) is 13.2 Å². The number of H-pyrrole nitrogens is 1. The molecule has 0 unspecified atom stereocenters. The smallest absolute Gasteiger partial charge is 0.406 e. The van der Waals surface area contributed by atoms with Crippen molar-refractivity contribution in [2.45, 2.75) is 6.36 Å². The lowest BCUT2D eigenvalue weighted by Gasteiger charge is -2.32. The highest BCUT2D eigenvalue weighted by molar-refractivity contribution is 6.01. The molecule has 1 aromatic heterocycles. The minimum absolute atomic E-state index is 0.201. The first-order chi connectivity index (χ1) is 16.3. The van der Waals surface area contributed by atoms with Gasteiger partial charge in [-0.25, -0.2) is 0 Å². The van der Waals surface area contributed by atoms with Gasteiger partial charge in [0.05, 0.1) is 11.3 Å². The number of alkyl halides is 3. The summed E-state index contributed by atoms with van der Waals surface area (Å²) in [6.07, 6.45) is -4.75. The maximum atomic E-state index is 13.1. The van der Waals surface area contributed by atoms with Crippen LogP contribution in [0, 0.1) is 0 Å². The summed E-state index contributed by atoms with van der Waals surface area (Å²) in [6, 6.07) is 16.7. The van der Waals surface area contributed by atoms with E-state index in [0.717, 1.165) is 38.3 Å². The second kappa shape index (κ2) is 10.3. The Morgan fingerprint density at radius 2 is 1.68 bits per heavy atom. The van der Waals surface area contributed by atoms with Crippen molar-refractivity contribution >= 4 is 5.91 Å². The second-order valence-corrected chi connectivity index (χ2v) is 8.31. The predicted molar refractivity (Wildman–Crippen MR) is 125 cm³/mol. The number of amides is 1. The third kappa shape index (κ3) is 6.18. The van der Waals surface area contributed by atoms with Crippen molar-refractivity contribution in [3.63, 3.8) is 0 Å². The minimum atomic E-state index is -4.75. The molecular weight excluding hydrogens is 445 g/mol. The molecule has 1 amide bonds.